The fourth-order valence-corrected chi connectivity index (χ4v) is 1.39. The molecule has 0 atom stereocenters. The van der Waals surface area contributed by atoms with Gasteiger partial charge in [-0.05, 0) is 30.0 Å². The van der Waals surface area contributed by atoms with Crippen molar-refractivity contribution in [3.63, 3.8) is 0 Å². The second kappa shape index (κ2) is 2.98. The highest BCUT2D eigenvalue weighted by Gasteiger charge is 2.05. The minimum atomic E-state index is 1.14. The minimum absolute atomic E-state index is 1.14. The summed E-state index contributed by atoms with van der Waals surface area (Å²) >= 11 is 0. The third kappa shape index (κ3) is 1.33. The summed E-state index contributed by atoms with van der Waals surface area (Å²) < 4.78 is 0. The average molecular weight is 156 g/mol. The SMILES string of the molecule is Cc1ccccccc2cc1C2. The van der Waals surface area contributed by atoms with Gasteiger partial charge in [0.1, 0.15) is 0 Å². The van der Waals surface area contributed by atoms with E-state index in [-0.39, 0.29) is 0 Å². The summed E-state index contributed by atoms with van der Waals surface area (Å²) in [4.78, 5) is 0. The molecule has 2 bridgehead atoms. The number of aryl methyl sites for hydroxylation is 1. The van der Waals surface area contributed by atoms with Gasteiger partial charge in [0, 0.05) is 0 Å². The van der Waals surface area contributed by atoms with E-state index in [4.69, 9.17) is 0 Å². The first-order valence-electron chi connectivity index (χ1n) is 4.28. The van der Waals surface area contributed by atoms with Crippen LogP contribution in [-0.4, -0.2) is 0 Å². The van der Waals surface area contributed by atoms with Crippen molar-refractivity contribution in [3.05, 3.63) is 59.2 Å². The van der Waals surface area contributed by atoms with Crippen molar-refractivity contribution in [2.75, 3.05) is 0 Å². The normalized spacial score (nSPS) is 11.4. The summed E-state index contributed by atoms with van der Waals surface area (Å²) in [7, 11) is 0. The topological polar surface area (TPSA) is 0 Å². The predicted octanol–water partition coefficient (Wildman–Crippen LogP) is 3.02. The number of fused-ring (bicyclic) bond motifs is 6. The van der Waals surface area contributed by atoms with Crippen LogP contribution in [-0.2, 0) is 6.42 Å². The van der Waals surface area contributed by atoms with Crippen molar-refractivity contribution >= 4 is 0 Å². The molecule has 0 saturated carbocycles. The van der Waals surface area contributed by atoms with Gasteiger partial charge in [-0.25, -0.2) is 0 Å². The lowest BCUT2D eigenvalue weighted by Gasteiger charge is -2.12. The van der Waals surface area contributed by atoms with Crippen molar-refractivity contribution in [3.8, 4) is 0 Å². The smallest absolute Gasteiger partial charge is 0.00229 e. The summed E-state index contributed by atoms with van der Waals surface area (Å²) in [5.41, 5.74) is 4.30. The van der Waals surface area contributed by atoms with Crippen molar-refractivity contribution < 1.29 is 0 Å². The van der Waals surface area contributed by atoms with Gasteiger partial charge < -0.3 is 0 Å². The molecule has 0 aromatic heterocycles. The number of hydrogen-bond acceptors (Lipinski definition) is 0. The Balaban J connectivity index is 2.61. The number of rotatable bonds is 0. The van der Waals surface area contributed by atoms with E-state index in [0.717, 1.165) is 6.42 Å². The zero-order valence-corrected chi connectivity index (χ0v) is 7.25. The Hall–Kier alpha value is -1.30. The van der Waals surface area contributed by atoms with E-state index in [2.05, 4.69) is 49.4 Å². The van der Waals surface area contributed by atoms with Crippen molar-refractivity contribution in [1.29, 1.82) is 0 Å². The molecule has 0 heteroatoms. The van der Waals surface area contributed by atoms with Crippen LogP contribution in [0.1, 0.15) is 16.7 Å². The maximum Gasteiger partial charge on any atom is -0.00229 e. The van der Waals surface area contributed by atoms with Crippen LogP contribution in [0.3, 0.4) is 0 Å². The monoisotopic (exact) mass is 156 g/mol. The molecule has 0 heterocycles. The van der Waals surface area contributed by atoms with Crippen LogP contribution < -0.4 is 0 Å². The molecular weight excluding hydrogens is 144 g/mol. The van der Waals surface area contributed by atoms with Crippen LogP contribution in [0.25, 0.3) is 0 Å². The molecular formula is C12H12. The lowest BCUT2D eigenvalue weighted by atomic mass is 9.93. The molecule has 60 valence electrons. The molecule has 0 aliphatic heterocycles. The molecule has 3 rings (SSSR count). The highest BCUT2D eigenvalue weighted by Crippen LogP contribution is 2.19. The minimum Gasteiger partial charge on any atom is -0.0623 e. The maximum absolute atomic E-state index is 2.26. The maximum atomic E-state index is 2.26. The van der Waals surface area contributed by atoms with E-state index in [1.807, 2.05) is 0 Å². The van der Waals surface area contributed by atoms with Gasteiger partial charge in [0.15, 0.2) is 0 Å². The lowest BCUT2D eigenvalue weighted by molar-refractivity contribution is 1.08. The van der Waals surface area contributed by atoms with Crippen LogP contribution in [0.4, 0.5) is 0 Å². The predicted molar refractivity (Wildman–Crippen MR) is 51.6 cm³/mol. The Labute approximate surface area is 73.2 Å². The molecule has 2 aliphatic carbocycles. The molecule has 0 fully saturated rings. The fraction of sp³-hybridized carbons (Fsp3) is 0.167. The Bertz CT molecular complexity index is 344. The Morgan fingerprint density at radius 3 is 2.42 bits per heavy atom. The zero-order chi connectivity index (χ0) is 8.39. The third-order valence-corrected chi connectivity index (χ3v) is 2.25. The lowest BCUT2D eigenvalue weighted by Crippen LogP contribution is -1.98. The molecule has 2 aliphatic rings. The molecule has 1 aromatic carbocycles. The highest BCUT2D eigenvalue weighted by atomic mass is 14.1. The van der Waals surface area contributed by atoms with E-state index in [1.54, 1.807) is 0 Å². The molecule has 0 radical (unpaired) electrons. The summed E-state index contributed by atoms with van der Waals surface area (Å²) in [5, 5.41) is 0. The van der Waals surface area contributed by atoms with E-state index in [0.29, 0.717) is 0 Å². The van der Waals surface area contributed by atoms with E-state index >= 15 is 0 Å². The first-order valence-corrected chi connectivity index (χ1v) is 4.28. The molecule has 0 nitrogen and oxygen atoms in total. The van der Waals surface area contributed by atoms with Gasteiger partial charge in [-0.3, -0.25) is 0 Å². The van der Waals surface area contributed by atoms with E-state index in [9.17, 15) is 0 Å². The van der Waals surface area contributed by atoms with Crippen LogP contribution in [0.2, 0.25) is 0 Å². The molecule has 0 amide bonds. The first-order chi connectivity index (χ1) is 5.86. The van der Waals surface area contributed by atoms with Gasteiger partial charge in [-0.15, -0.1) is 0 Å². The van der Waals surface area contributed by atoms with Gasteiger partial charge in [0.2, 0.25) is 0 Å². The van der Waals surface area contributed by atoms with Gasteiger partial charge >= 0.3 is 0 Å². The largest absolute Gasteiger partial charge is 0.0623 e. The van der Waals surface area contributed by atoms with Gasteiger partial charge in [-0.1, -0.05) is 42.5 Å². The van der Waals surface area contributed by atoms with E-state index in [1.165, 1.54) is 16.7 Å². The summed E-state index contributed by atoms with van der Waals surface area (Å²) in [6.45, 7) is 2.16. The van der Waals surface area contributed by atoms with Gasteiger partial charge in [-0.2, -0.15) is 0 Å². The second-order valence-electron chi connectivity index (χ2n) is 3.21. The summed E-state index contributed by atoms with van der Waals surface area (Å²) in [5.74, 6) is 0. The van der Waals surface area contributed by atoms with E-state index < -0.39 is 0 Å². The van der Waals surface area contributed by atoms with Crippen molar-refractivity contribution in [2.24, 2.45) is 0 Å². The summed E-state index contributed by atoms with van der Waals surface area (Å²) in [6.07, 6.45) is 1.14. The average Bonchev–Trinajstić information content (AvgIpc) is 2.00. The Morgan fingerprint density at radius 1 is 1.00 bits per heavy atom. The quantitative estimate of drug-likeness (QED) is 0.550. The van der Waals surface area contributed by atoms with Gasteiger partial charge in [0.25, 0.3) is 0 Å². The third-order valence-electron chi connectivity index (χ3n) is 2.25. The molecule has 0 N–H and O–H groups in total. The van der Waals surface area contributed by atoms with Crippen molar-refractivity contribution in [1.82, 2.24) is 0 Å². The number of hydrogen-bond donors (Lipinski definition) is 0. The molecule has 0 spiro atoms. The van der Waals surface area contributed by atoms with Crippen LogP contribution >= 0.6 is 0 Å². The Kier molecular flexibility index (Phi) is 1.83. The first kappa shape index (κ1) is 7.35. The molecule has 1 aromatic rings. The highest BCUT2D eigenvalue weighted by molar-refractivity contribution is 5.38. The standard InChI is InChI=1S/C12H12/c1-10-6-4-2-3-5-7-11-8-12(10)9-11/h2-8H,9H2,1H3. The Morgan fingerprint density at radius 2 is 1.67 bits per heavy atom. The zero-order valence-electron chi connectivity index (χ0n) is 7.25. The molecule has 0 saturated heterocycles. The second-order valence-corrected chi connectivity index (χ2v) is 3.21. The molecule has 12 heavy (non-hydrogen) atoms. The summed E-state index contributed by atoms with van der Waals surface area (Å²) in [6, 6.07) is 14.9. The van der Waals surface area contributed by atoms with Crippen LogP contribution in [0, 0.1) is 6.92 Å². The van der Waals surface area contributed by atoms with Gasteiger partial charge in [0.05, 0.1) is 0 Å². The van der Waals surface area contributed by atoms with Crippen LogP contribution in [0.15, 0.2) is 42.5 Å². The van der Waals surface area contributed by atoms with Crippen LogP contribution in [0.5, 0.6) is 0 Å². The molecule has 0 unspecified atom stereocenters. The fourth-order valence-electron chi connectivity index (χ4n) is 1.39. The van der Waals surface area contributed by atoms with Crippen molar-refractivity contribution in [2.45, 2.75) is 13.3 Å².